The van der Waals surface area contributed by atoms with Crippen LogP contribution in [0.2, 0.25) is 0 Å². The van der Waals surface area contributed by atoms with Crippen molar-refractivity contribution < 1.29 is 9.53 Å². The Morgan fingerprint density at radius 1 is 1.15 bits per heavy atom. The molecule has 1 aromatic carbocycles. The molecule has 0 radical (unpaired) electrons. The van der Waals surface area contributed by atoms with E-state index >= 15 is 0 Å². The van der Waals surface area contributed by atoms with Gasteiger partial charge in [0.05, 0.1) is 18.4 Å². The van der Waals surface area contributed by atoms with E-state index in [0.717, 1.165) is 36.3 Å². The molecule has 0 atom stereocenters. The second kappa shape index (κ2) is 9.19. The van der Waals surface area contributed by atoms with E-state index in [1.54, 1.807) is 0 Å². The monoisotopic (exact) mass is 374 g/mol. The first-order valence-corrected chi connectivity index (χ1v) is 10.2. The third-order valence-corrected chi connectivity index (χ3v) is 5.12. The molecule has 0 N–H and O–H groups in total. The minimum Gasteiger partial charge on any atom is -0.462 e. The molecule has 0 spiro atoms. The quantitative estimate of drug-likeness (QED) is 0.547. The van der Waals surface area contributed by atoms with E-state index < -0.39 is 0 Å². The average Bonchev–Trinajstić information content (AvgIpc) is 3.03. The number of hydrogen-bond donors (Lipinski definition) is 0. The van der Waals surface area contributed by atoms with Crippen molar-refractivity contribution >= 4 is 17.7 Å². The minimum atomic E-state index is -0.231. The Bertz CT molecular complexity index is 712. The summed E-state index contributed by atoms with van der Waals surface area (Å²) >= 11 is 1.37. The Morgan fingerprint density at radius 2 is 1.88 bits per heavy atom. The number of benzene rings is 1. The minimum absolute atomic E-state index is 0.107. The fourth-order valence-corrected chi connectivity index (χ4v) is 3.82. The summed E-state index contributed by atoms with van der Waals surface area (Å²) in [4.78, 5) is 14.3. The van der Waals surface area contributed by atoms with Gasteiger partial charge in [0, 0.05) is 5.69 Å². The van der Waals surface area contributed by atoms with Crippen LogP contribution < -0.4 is 0 Å². The lowest BCUT2D eigenvalue weighted by atomic mass is 10.1. The average molecular weight is 375 g/mol. The maximum Gasteiger partial charge on any atom is 0.316 e. The van der Waals surface area contributed by atoms with Gasteiger partial charge < -0.3 is 4.74 Å². The van der Waals surface area contributed by atoms with Gasteiger partial charge in [0.25, 0.3) is 0 Å². The zero-order valence-corrected chi connectivity index (χ0v) is 16.2. The predicted molar refractivity (Wildman–Crippen MR) is 102 cm³/mol. The van der Waals surface area contributed by atoms with Crippen molar-refractivity contribution in [3.05, 3.63) is 36.2 Å². The Balaban J connectivity index is 1.78. The van der Waals surface area contributed by atoms with Gasteiger partial charge in [-0.25, -0.2) is 0 Å². The highest BCUT2D eigenvalue weighted by Crippen LogP contribution is 2.23. The van der Waals surface area contributed by atoms with E-state index in [9.17, 15) is 4.79 Å². The van der Waals surface area contributed by atoms with Gasteiger partial charge in [-0.1, -0.05) is 36.4 Å². The number of piperidine rings is 1. The summed E-state index contributed by atoms with van der Waals surface area (Å²) in [6.07, 6.45) is 3.68. The molecule has 0 bridgehead atoms. The molecular formula is C19H26N4O2S. The van der Waals surface area contributed by atoms with Crippen LogP contribution in [0.5, 0.6) is 0 Å². The molecule has 0 amide bonds. The number of carbonyl (C=O) groups is 1. The van der Waals surface area contributed by atoms with Gasteiger partial charge in [-0.3, -0.25) is 14.3 Å². The molecule has 3 rings (SSSR count). The standard InChI is InChI=1S/C19H26N4O2S/c1-15(2)25-18(24)14-26-19-21-20-17(13-22-11-7-4-8-12-22)23(19)16-9-5-3-6-10-16/h3,5-6,9-10,15H,4,7-8,11-14H2,1-2H3. The predicted octanol–water partition coefficient (Wildman–Crippen LogP) is 3.30. The van der Waals surface area contributed by atoms with Crippen molar-refractivity contribution in [1.82, 2.24) is 19.7 Å². The van der Waals surface area contributed by atoms with Crippen molar-refractivity contribution in [2.24, 2.45) is 0 Å². The lowest BCUT2D eigenvalue weighted by molar-refractivity contribution is -0.144. The molecule has 140 valence electrons. The highest BCUT2D eigenvalue weighted by Gasteiger charge is 2.19. The normalized spacial score (nSPS) is 15.3. The topological polar surface area (TPSA) is 60.2 Å². The molecule has 1 fully saturated rings. The first-order chi connectivity index (χ1) is 12.6. The summed E-state index contributed by atoms with van der Waals surface area (Å²) in [5.74, 6) is 0.912. The van der Waals surface area contributed by atoms with Crippen molar-refractivity contribution in [3.8, 4) is 5.69 Å². The number of hydrogen-bond acceptors (Lipinski definition) is 6. The molecule has 1 aliphatic rings. The molecule has 1 saturated heterocycles. The number of thioether (sulfide) groups is 1. The SMILES string of the molecule is CC(C)OC(=O)CSc1nnc(CN2CCCCC2)n1-c1ccccc1. The van der Waals surface area contributed by atoms with Crippen LogP contribution in [0.4, 0.5) is 0 Å². The number of ether oxygens (including phenoxy) is 1. The van der Waals surface area contributed by atoms with E-state index in [4.69, 9.17) is 4.74 Å². The summed E-state index contributed by atoms with van der Waals surface area (Å²) in [5.41, 5.74) is 1.02. The third kappa shape index (κ3) is 5.08. The molecule has 6 nitrogen and oxygen atoms in total. The fraction of sp³-hybridized carbons (Fsp3) is 0.526. The van der Waals surface area contributed by atoms with Gasteiger partial charge in [0.15, 0.2) is 11.0 Å². The zero-order valence-electron chi connectivity index (χ0n) is 15.4. The smallest absolute Gasteiger partial charge is 0.316 e. The van der Waals surface area contributed by atoms with E-state index in [1.807, 2.05) is 44.2 Å². The summed E-state index contributed by atoms with van der Waals surface area (Å²) in [6.45, 7) is 6.69. The first kappa shape index (κ1) is 18.9. The largest absolute Gasteiger partial charge is 0.462 e. The van der Waals surface area contributed by atoms with Crippen LogP contribution in [0.3, 0.4) is 0 Å². The number of nitrogens with zero attached hydrogens (tertiary/aromatic N) is 4. The summed E-state index contributed by atoms with van der Waals surface area (Å²) in [6, 6.07) is 10.1. The van der Waals surface area contributed by atoms with Crippen LogP contribution in [0.1, 0.15) is 38.9 Å². The van der Waals surface area contributed by atoms with Crippen molar-refractivity contribution in [2.45, 2.75) is 50.9 Å². The molecule has 2 heterocycles. The number of para-hydroxylation sites is 1. The maximum atomic E-state index is 11.9. The summed E-state index contributed by atoms with van der Waals surface area (Å²) < 4.78 is 7.28. The molecule has 0 aliphatic carbocycles. The maximum absolute atomic E-state index is 11.9. The number of rotatable bonds is 7. The Kier molecular flexibility index (Phi) is 6.68. The Morgan fingerprint density at radius 3 is 2.58 bits per heavy atom. The van der Waals surface area contributed by atoms with E-state index in [0.29, 0.717) is 0 Å². The lowest BCUT2D eigenvalue weighted by Gasteiger charge is -2.26. The Labute approximate surface area is 158 Å². The van der Waals surface area contributed by atoms with E-state index in [1.165, 1.54) is 31.0 Å². The Hall–Kier alpha value is -1.86. The lowest BCUT2D eigenvalue weighted by Crippen LogP contribution is -2.30. The van der Waals surface area contributed by atoms with Crippen LogP contribution >= 0.6 is 11.8 Å². The van der Waals surface area contributed by atoms with Gasteiger partial charge in [0.1, 0.15) is 0 Å². The van der Waals surface area contributed by atoms with Gasteiger partial charge in [-0.15, -0.1) is 10.2 Å². The number of aromatic nitrogens is 3. The third-order valence-electron chi connectivity index (χ3n) is 4.21. The van der Waals surface area contributed by atoms with Gasteiger partial charge in [-0.2, -0.15) is 0 Å². The van der Waals surface area contributed by atoms with Crippen molar-refractivity contribution in [2.75, 3.05) is 18.8 Å². The van der Waals surface area contributed by atoms with Crippen molar-refractivity contribution in [1.29, 1.82) is 0 Å². The number of esters is 1. The first-order valence-electron chi connectivity index (χ1n) is 9.18. The summed E-state index contributed by atoms with van der Waals surface area (Å²) in [7, 11) is 0. The van der Waals surface area contributed by atoms with Gasteiger partial charge >= 0.3 is 5.97 Å². The molecular weight excluding hydrogens is 348 g/mol. The fourth-order valence-electron chi connectivity index (χ4n) is 3.07. The number of carbonyl (C=O) groups excluding carboxylic acids is 1. The van der Waals surface area contributed by atoms with Crippen LogP contribution in [-0.4, -0.2) is 50.6 Å². The molecule has 1 aliphatic heterocycles. The highest BCUT2D eigenvalue weighted by atomic mass is 32.2. The molecule has 1 aromatic heterocycles. The highest BCUT2D eigenvalue weighted by molar-refractivity contribution is 7.99. The van der Waals surface area contributed by atoms with Crippen LogP contribution in [0.25, 0.3) is 5.69 Å². The summed E-state index contributed by atoms with van der Waals surface area (Å²) in [5, 5.41) is 9.50. The van der Waals surface area contributed by atoms with Crippen LogP contribution in [0, 0.1) is 0 Å². The molecule has 0 saturated carbocycles. The molecule has 0 unspecified atom stereocenters. The molecule has 26 heavy (non-hydrogen) atoms. The molecule has 2 aromatic rings. The van der Waals surface area contributed by atoms with Gasteiger partial charge in [-0.05, 0) is 51.9 Å². The zero-order chi connectivity index (χ0) is 18.4. The second-order valence-electron chi connectivity index (χ2n) is 6.73. The van der Waals surface area contributed by atoms with Crippen molar-refractivity contribution in [3.63, 3.8) is 0 Å². The van der Waals surface area contributed by atoms with Crippen LogP contribution in [0.15, 0.2) is 35.5 Å². The van der Waals surface area contributed by atoms with E-state index in [2.05, 4.69) is 19.7 Å². The molecule has 7 heteroatoms. The van der Waals surface area contributed by atoms with Crippen LogP contribution in [-0.2, 0) is 16.1 Å². The van der Waals surface area contributed by atoms with E-state index in [-0.39, 0.29) is 17.8 Å². The number of likely N-dealkylation sites (tertiary alicyclic amines) is 1. The second-order valence-corrected chi connectivity index (χ2v) is 7.68. The van der Waals surface area contributed by atoms with Gasteiger partial charge in [0.2, 0.25) is 0 Å².